The Hall–Kier alpha value is -3.20. The van der Waals surface area contributed by atoms with Gasteiger partial charge in [0.05, 0.1) is 5.75 Å². The molecule has 2 N–H and O–H groups in total. The highest BCUT2D eigenvalue weighted by molar-refractivity contribution is 7.99. The first-order chi connectivity index (χ1) is 15.6. The molecule has 2 aromatic heterocycles. The SMILES string of the molecule is C[C@@H](CCc1ccccc1)NC(=O)CSc1cc(-n2ccc(C(=O)NC3CC3)n2)ncn1. The van der Waals surface area contributed by atoms with Crippen LogP contribution in [0.1, 0.15) is 42.2 Å². The first-order valence-corrected chi connectivity index (χ1v) is 11.7. The van der Waals surface area contributed by atoms with Crippen molar-refractivity contribution >= 4 is 23.6 Å². The van der Waals surface area contributed by atoms with E-state index in [1.807, 2.05) is 25.1 Å². The van der Waals surface area contributed by atoms with Gasteiger partial charge in [-0.25, -0.2) is 14.6 Å². The van der Waals surface area contributed by atoms with Crippen LogP contribution < -0.4 is 10.6 Å². The molecule has 0 aliphatic heterocycles. The lowest BCUT2D eigenvalue weighted by Crippen LogP contribution is -2.34. The minimum atomic E-state index is -0.173. The Kier molecular flexibility index (Phi) is 7.16. The van der Waals surface area contributed by atoms with Crippen molar-refractivity contribution in [1.29, 1.82) is 0 Å². The second kappa shape index (κ2) is 10.4. The van der Waals surface area contributed by atoms with Crippen LogP contribution in [0.25, 0.3) is 5.82 Å². The third-order valence-corrected chi connectivity index (χ3v) is 5.99. The van der Waals surface area contributed by atoms with Crippen LogP contribution in [0, 0.1) is 0 Å². The minimum Gasteiger partial charge on any atom is -0.353 e. The number of nitrogens with one attached hydrogen (secondary N) is 2. The number of nitrogens with zero attached hydrogens (tertiary/aromatic N) is 4. The Bertz CT molecular complexity index is 1070. The third-order valence-electron chi connectivity index (χ3n) is 5.06. The molecule has 8 nitrogen and oxygen atoms in total. The number of rotatable bonds is 10. The number of amides is 2. The number of hydrogen-bond donors (Lipinski definition) is 2. The summed E-state index contributed by atoms with van der Waals surface area (Å²) in [4.78, 5) is 32.9. The van der Waals surface area contributed by atoms with Gasteiger partial charge in [0.15, 0.2) is 11.5 Å². The van der Waals surface area contributed by atoms with Crippen molar-refractivity contribution in [3.63, 3.8) is 0 Å². The van der Waals surface area contributed by atoms with E-state index >= 15 is 0 Å². The zero-order valence-electron chi connectivity index (χ0n) is 17.9. The van der Waals surface area contributed by atoms with E-state index in [1.165, 1.54) is 23.7 Å². The Morgan fingerprint density at radius 2 is 2.00 bits per heavy atom. The van der Waals surface area contributed by atoms with Gasteiger partial charge in [-0.15, -0.1) is 0 Å². The van der Waals surface area contributed by atoms with Crippen molar-refractivity contribution < 1.29 is 9.59 Å². The van der Waals surface area contributed by atoms with E-state index in [-0.39, 0.29) is 29.7 Å². The lowest BCUT2D eigenvalue weighted by Gasteiger charge is -2.13. The summed E-state index contributed by atoms with van der Waals surface area (Å²) in [7, 11) is 0. The van der Waals surface area contributed by atoms with Crippen molar-refractivity contribution in [1.82, 2.24) is 30.4 Å². The normalized spacial score (nSPS) is 14.0. The van der Waals surface area contributed by atoms with Crippen molar-refractivity contribution in [3.8, 4) is 5.82 Å². The highest BCUT2D eigenvalue weighted by atomic mass is 32.2. The summed E-state index contributed by atoms with van der Waals surface area (Å²) in [6.45, 7) is 2.02. The fourth-order valence-corrected chi connectivity index (χ4v) is 3.82. The zero-order valence-corrected chi connectivity index (χ0v) is 18.7. The highest BCUT2D eigenvalue weighted by Crippen LogP contribution is 2.20. The van der Waals surface area contributed by atoms with Crippen LogP contribution in [0.3, 0.4) is 0 Å². The summed E-state index contributed by atoms with van der Waals surface area (Å²) in [6.07, 6.45) is 6.99. The third kappa shape index (κ3) is 6.40. The standard InChI is InChI=1S/C23H26N6O2S/c1-16(7-8-17-5-3-2-4-6-17)26-21(30)14-32-22-13-20(24-15-25-22)29-12-11-19(28-29)23(31)27-18-9-10-18/h2-6,11-13,15-16,18H,7-10,14H2,1H3,(H,26,30)(H,27,31)/t16-/m0/s1. The van der Waals surface area contributed by atoms with E-state index < -0.39 is 0 Å². The molecule has 0 spiro atoms. The van der Waals surface area contributed by atoms with E-state index in [0.29, 0.717) is 16.5 Å². The van der Waals surface area contributed by atoms with Gasteiger partial charge in [-0.05, 0) is 44.2 Å². The molecule has 0 radical (unpaired) electrons. The van der Waals surface area contributed by atoms with Gasteiger partial charge in [0, 0.05) is 24.3 Å². The molecule has 0 unspecified atom stereocenters. The van der Waals surface area contributed by atoms with Gasteiger partial charge in [0.25, 0.3) is 5.91 Å². The molecule has 1 fully saturated rings. The molecule has 9 heteroatoms. The number of benzene rings is 1. The molecule has 1 saturated carbocycles. The lowest BCUT2D eigenvalue weighted by molar-refractivity contribution is -0.119. The fourth-order valence-electron chi connectivity index (χ4n) is 3.15. The smallest absolute Gasteiger partial charge is 0.272 e. The quantitative estimate of drug-likeness (QED) is 0.364. The molecular formula is C23H26N6O2S. The molecule has 1 aliphatic carbocycles. The summed E-state index contributed by atoms with van der Waals surface area (Å²) >= 11 is 1.34. The first kappa shape index (κ1) is 22.0. The summed E-state index contributed by atoms with van der Waals surface area (Å²) in [6, 6.07) is 14.0. The molecule has 0 saturated heterocycles. The molecule has 1 aliphatic rings. The van der Waals surface area contributed by atoms with E-state index in [2.05, 4.69) is 37.8 Å². The molecule has 2 amide bonds. The van der Waals surface area contributed by atoms with Gasteiger partial charge < -0.3 is 10.6 Å². The number of carbonyl (C=O) groups excluding carboxylic acids is 2. The summed E-state index contributed by atoms with van der Waals surface area (Å²) in [5.74, 6) is 0.603. The molecule has 0 bridgehead atoms. The van der Waals surface area contributed by atoms with Crippen LogP contribution in [0.5, 0.6) is 0 Å². The maximum atomic E-state index is 12.3. The molecule has 1 atom stereocenters. The first-order valence-electron chi connectivity index (χ1n) is 10.7. The van der Waals surface area contributed by atoms with Gasteiger partial charge in [-0.3, -0.25) is 9.59 Å². The minimum absolute atomic E-state index is 0.0335. The van der Waals surface area contributed by atoms with Gasteiger partial charge in [-0.2, -0.15) is 5.10 Å². The van der Waals surface area contributed by atoms with Gasteiger partial charge >= 0.3 is 0 Å². The van der Waals surface area contributed by atoms with Crippen LogP contribution in [0.2, 0.25) is 0 Å². The molecule has 1 aromatic carbocycles. The topological polar surface area (TPSA) is 102 Å². The van der Waals surface area contributed by atoms with E-state index in [9.17, 15) is 9.59 Å². The van der Waals surface area contributed by atoms with Crippen molar-refractivity contribution in [2.45, 2.75) is 49.7 Å². The van der Waals surface area contributed by atoms with Gasteiger partial charge in [-0.1, -0.05) is 42.1 Å². The van der Waals surface area contributed by atoms with Gasteiger partial charge in [0.1, 0.15) is 11.4 Å². The zero-order chi connectivity index (χ0) is 22.3. The van der Waals surface area contributed by atoms with E-state index in [0.717, 1.165) is 25.7 Å². The largest absolute Gasteiger partial charge is 0.353 e. The van der Waals surface area contributed by atoms with Crippen LogP contribution in [0.15, 0.2) is 60.0 Å². The van der Waals surface area contributed by atoms with E-state index in [4.69, 9.17) is 0 Å². The molecule has 4 rings (SSSR count). The van der Waals surface area contributed by atoms with Crippen molar-refractivity contribution in [2.75, 3.05) is 5.75 Å². The monoisotopic (exact) mass is 450 g/mol. The van der Waals surface area contributed by atoms with Crippen LogP contribution >= 0.6 is 11.8 Å². The Morgan fingerprint density at radius 3 is 2.78 bits per heavy atom. The average molecular weight is 451 g/mol. The Balaban J connectivity index is 1.26. The summed E-state index contributed by atoms with van der Waals surface area (Å²) in [5, 5.41) is 10.9. The summed E-state index contributed by atoms with van der Waals surface area (Å²) in [5.41, 5.74) is 1.62. The lowest BCUT2D eigenvalue weighted by atomic mass is 10.1. The molecule has 166 valence electrons. The highest BCUT2D eigenvalue weighted by Gasteiger charge is 2.24. The second-order valence-electron chi connectivity index (χ2n) is 7.89. The predicted molar refractivity (Wildman–Crippen MR) is 123 cm³/mol. The number of aromatic nitrogens is 4. The van der Waals surface area contributed by atoms with Crippen LogP contribution in [-0.2, 0) is 11.2 Å². The maximum absolute atomic E-state index is 12.3. The number of hydrogen-bond acceptors (Lipinski definition) is 6. The molecule has 32 heavy (non-hydrogen) atoms. The second-order valence-corrected chi connectivity index (χ2v) is 8.88. The fraction of sp³-hybridized carbons (Fsp3) is 0.348. The number of thioether (sulfide) groups is 1. The van der Waals surface area contributed by atoms with Crippen molar-refractivity contribution in [2.24, 2.45) is 0 Å². The van der Waals surface area contributed by atoms with Crippen LogP contribution in [-0.4, -0.2) is 49.4 Å². The predicted octanol–water partition coefficient (Wildman–Crippen LogP) is 2.78. The average Bonchev–Trinajstić information content (AvgIpc) is 3.48. The van der Waals surface area contributed by atoms with Gasteiger partial charge in [0.2, 0.25) is 5.91 Å². The maximum Gasteiger partial charge on any atom is 0.272 e. The molecule has 2 heterocycles. The Morgan fingerprint density at radius 1 is 1.19 bits per heavy atom. The Labute approximate surface area is 191 Å². The number of carbonyl (C=O) groups is 2. The number of aryl methyl sites for hydroxylation is 1. The van der Waals surface area contributed by atoms with E-state index in [1.54, 1.807) is 23.0 Å². The van der Waals surface area contributed by atoms with Crippen molar-refractivity contribution in [3.05, 3.63) is 66.2 Å². The van der Waals surface area contributed by atoms with Crippen LogP contribution in [0.4, 0.5) is 0 Å². The molecule has 3 aromatic rings. The molecular weight excluding hydrogens is 424 g/mol. The summed E-state index contributed by atoms with van der Waals surface area (Å²) < 4.78 is 1.54.